The predicted molar refractivity (Wildman–Crippen MR) is 77.4 cm³/mol. The molecule has 2 amide bonds. The first-order chi connectivity index (χ1) is 9.43. The van der Waals surface area contributed by atoms with Gasteiger partial charge in [0.15, 0.2) is 0 Å². The highest BCUT2D eigenvalue weighted by molar-refractivity contribution is 5.77. The molecule has 0 bridgehead atoms. The maximum atomic E-state index is 11.3. The molecule has 0 aromatic carbocycles. The van der Waals surface area contributed by atoms with Crippen LogP contribution in [0, 0.1) is 5.92 Å². The zero-order chi connectivity index (χ0) is 15.4. The lowest BCUT2D eigenvalue weighted by atomic mass is 10.2. The molecule has 6 nitrogen and oxygen atoms in total. The standard InChI is InChI=1S/C14H28N2O4/c1-11(2)14(18)15-6-8-20-10-9-19-7-5-13(17)16-12(3)4/h11-12H,5-10H2,1-4H3,(H,15,18)(H,16,17). The van der Waals surface area contributed by atoms with Crippen LogP contribution in [0.25, 0.3) is 0 Å². The Morgan fingerprint density at radius 1 is 0.950 bits per heavy atom. The van der Waals surface area contributed by atoms with Crippen molar-refractivity contribution in [2.24, 2.45) is 5.92 Å². The van der Waals surface area contributed by atoms with Crippen molar-refractivity contribution >= 4 is 11.8 Å². The highest BCUT2D eigenvalue weighted by atomic mass is 16.5. The molecule has 0 aromatic heterocycles. The van der Waals surface area contributed by atoms with Crippen molar-refractivity contribution in [2.45, 2.75) is 40.2 Å². The first kappa shape index (κ1) is 18.9. The van der Waals surface area contributed by atoms with Gasteiger partial charge in [0.25, 0.3) is 0 Å². The summed E-state index contributed by atoms with van der Waals surface area (Å²) in [4.78, 5) is 22.5. The molecule has 0 heterocycles. The van der Waals surface area contributed by atoms with Crippen molar-refractivity contribution in [1.29, 1.82) is 0 Å². The monoisotopic (exact) mass is 288 g/mol. The van der Waals surface area contributed by atoms with Crippen LogP contribution < -0.4 is 10.6 Å². The normalized spacial score (nSPS) is 10.9. The smallest absolute Gasteiger partial charge is 0.222 e. The van der Waals surface area contributed by atoms with E-state index in [9.17, 15) is 9.59 Å². The second kappa shape index (κ2) is 11.7. The first-order valence-electron chi connectivity index (χ1n) is 7.16. The molecule has 2 N–H and O–H groups in total. The van der Waals surface area contributed by atoms with Crippen LogP contribution >= 0.6 is 0 Å². The van der Waals surface area contributed by atoms with Gasteiger partial charge in [-0.2, -0.15) is 0 Å². The number of rotatable bonds is 11. The lowest BCUT2D eigenvalue weighted by Gasteiger charge is -2.09. The highest BCUT2D eigenvalue weighted by Crippen LogP contribution is 1.90. The summed E-state index contributed by atoms with van der Waals surface area (Å²) in [6.07, 6.45) is 0.364. The van der Waals surface area contributed by atoms with Gasteiger partial charge in [0.1, 0.15) is 0 Å². The van der Waals surface area contributed by atoms with E-state index in [0.29, 0.717) is 39.4 Å². The Morgan fingerprint density at radius 2 is 1.55 bits per heavy atom. The van der Waals surface area contributed by atoms with E-state index in [1.165, 1.54) is 0 Å². The van der Waals surface area contributed by atoms with E-state index < -0.39 is 0 Å². The van der Waals surface area contributed by atoms with Crippen LogP contribution in [-0.4, -0.2) is 50.8 Å². The molecule has 0 aliphatic heterocycles. The molecule has 0 radical (unpaired) electrons. The third kappa shape index (κ3) is 11.9. The van der Waals surface area contributed by atoms with Gasteiger partial charge in [-0.25, -0.2) is 0 Å². The Labute approximate surface area is 121 Å². The molecule has 0 aliphatic carbocycles. The van der Waals surface area contributed by atoms with Crippen molar-refractivity contribution in [1.82, 2.24) is 10.6 Å². The second-order valence-electron chi connectivity index (χ2n) is 5.14. The predicted octanol–water partition coefficient (Wildman–Crippen LogP) is 0.707. The van der Waals surface area contributed by atoms with Gasteiger partial charge in [-0.05, 0) is 13.8 Å². The van der Waals surface area contributed by atoms with Gasteiger partial charge in [0.05, 0.1) is 26.4 Å². The molecule has 0 aromatic rings. The molecule has 0 saturated carbocycles. The quantitative estimate of drug-likeness (QED) is 0.549. The summed E-state index contributed by atoms with van der Waals surface area (Å²) in [7, 11) is 0. The zero-order valence-corrected chi connectivity index (χ0v) is 13.0. The summed E-state index contributed by atoms with van der Waals surface area (Å²) in [6.45, 7) is 9.82. The summed E-state index contributed by atoms with van der Waals surface area (Å²) >= 11 is 0. The van der Waals surface area contributed by atoms with Crippen LogP contribution in [0.15, 0.2) is 0 Å². The average molecular weight is 288 g/mol. The van der Waals surface area contributed by atoms with E-state index in [0.717, 1.165) is 0 Å². The maximum absolute atomic E-state index is 11.3. The summed E-state index contributed by atoms with van der Waals surface area (Å²) in [5.74, 6) is 0.0219. The minimum Gasteiger partial charge on any atom is -0.379 e. The third-order valence-electron chi connectivity index (χ3n) is 2.37. The lowest BCUT2D eigenvalue weighted by Crippen LogP contribution is -2.31. The Bertz CT molecular complexity index is 280. The molecular weight excluding hydrogens is 260 g/mol. The molecule has 0 saturated heterocycles. The topological polar surface area (TPSA) is 76.7 Å². The molecule has 0 spiro atoms. The van der Waals surface area contributed by atoms with Gasteiger partial charge in [0.2, 0.25) is 11.8 Å². The molecule has 20 heavy (non-hydrogen) atoms. The van der Waals surface area contributed by atoms with E-state index in [-0.39, 0.29) is 23.8 Å². The van der Waals surface area contributed by atoms with Crippen molar-refractivity contribution in [3.05, 3.63) is 0 Å². The number of carbonyl (C=O) groups is 2. The number of carbonyl (C=O) groups excluding carboxylic acids is 2. The van der Waals surface area contributed by atoms with E-state index in [2.05, 4.69) is 10.6 Å². The fraction of sp³-hybridized carbons (Fsp3) is 0.857. The maximum Gasteiger partial charge on any atom is 0.222 e. The summed E-state index contributed by atoms with van der Waals surface area (Å²) < 4.78 is 10.6. The van der Waals surface area contributed by atoms with E-state index in [1.54, 1.807) is 0 Å². The number of hydrogen-bond donors (Lipinski definition) is 2. The number of nitrogens with one attached hydrogen (secondary N) is 2. The van der Waals surface area contributed by atoms with Crippen molar-refractivity contribution < 1.29 is 19.1 Å². The second-order valence-corrected chi connectivity index (χ2v) is 5.14. The molecule has 0 aliphatic rings. The van der Waals surface area contributed by atoms with E-state index >= 15 is 0 Å². The van der Waals surface area contributed by atoms with Crippen LogP contribution in [0.3, 0.4) is 0 Å². The van der Waals surface area contributed by atoms with Crippen LogP contribution in [0.2, 0.25) is 0 Å². The average Bonchev–Trinajstić information content (AvgIpc) is 2.35. The summed E-state index contributed by atoms with van der Waals surface area (Å²) in [6, 6.07) is 0.159. The molecule has 0 rings (SSSR count). The van der Waals surface area contributed by atoms with E-state index in [4.69, 9.17) is 9.47 Å². The molecule has 6 heteroatoms. The number of amides is 2. The van der Waals surface area contributed by atoms with Crippen LogP contribution in [0.5, 0.6) is 0 Å². The van der Waals surface area contributed by atoms with Gasteiger partial charge < -0.3 is 20.1 Å². The summed E-state index contributed by atoms with van der Waals surface area (Å²) in [5, 5.41) is 5.55. The van der Waals surface area contributed by atoms with Crippen molar-refractivity contribution in [3.63, 3.8) is 0 Å². The SMILES string of the molecule is CC(C)NC(=O)CCOCCOCCNC(=O)C(C)C. The van der Waals surface area contributed by atoms with Gasteiger partial charge in [0, 0.05) is 24.9 Å². The third-order valence-corrected chi connectivity index (χ3v) is 2.37. The van der Waals surface area contributed by atoms with Gasteiger partial charge in [-0.3, -0.25) is 9.59 Å². The minimum absolute atomic E-state index is 0.00248. The van der Waals surface area contributed by atoms with Crippen LogP contribution in [0.1, 0.15) is 34.1 Å². The Morgan fingerprint density at radius 3 is 2.10 bits per heavy atom. The Balaban J connectivity index is 3.25. The van der Waals surface area contributed by atoms with Crippen molar-refractivity contribution in [2.75, 3.05) is 33.0 Å². The Hall–Kier alpha value is -1.14. The van der Waals surface area contributed by atoms with E-state index in [1.807, 2.05) is 27.7 Å². The number of hydrogen-bond acceptors (Lipinski definition) is 4. The van der Waals surface area contributed by atoms with Gasteiger partial charge in [-0.1, -0.05) is 13.8 Å². The molecule has 0 unspecified atom stereocenters. The zero-order valence-electron chi connectivity index (χ0n) is 13.0. The highest BCUT2D eigenvalue weighted by Gasteiger charge is 2.05. The number of ether oxygens (including phenoxy) is 2. The van der Waals surface area contributed by atoms with Crippen molar-refractivity contribution in [3.8, 4) is 0 Å². The lowest BCUT2D eigenvalue weighted by molar-refractivity contribution is -0.124. The minimum atomic E-state index is -0.00433. The molecule has 0 fully saturated rings. The molecular formula is C14H28N2O4. The largest absolute Gasteiger partial charge is 0.379 e. The molecule has 118 valence electrons. The summed E-state index contributed by atoms with van der Waals surface area (Å²) in [5.41, 5.74) is 0. The molecule has 0 atom stereocenters. The van der Waals surface area contributed by atoms with Gasteiger partial charge >= 0.3 is 0 Å². The fourth-order valence-corrected chi connectivity index (χ4v) is 1.33. The van der Waals surface area contributed by atoms with Gasteiger partial charge in [-0.15, -0.1) is 0 Å². The van der Waals surface area contributed by atoms with Crippen LogP contribution in [-0.2, 0) is 19.1 Å². The fourth-order valence-electron chi connectivity index (χ4n) is 1.33. The Kier molecular flexibility index (Phi) is 11.0. The van der Waals surface area contributed by atoms with Crippen LogP contribution in [0.4, 0.5) is 0 Å². The first-order valence-corrected chi connectivity index (χ1v) is 7.16.